The molecule has 3 atom stereocenters. The number of nitrogens with zero attached hydrogens (tertiary/aromatic N) is 2. The van der Waals surface area contributed by atoms with Crippen molar-refractivity contribution in [3.63, 3.8) is 0 Å². The van der Waals surface area contributed by atoms with Crippen LogP contribution in [0.1, 0.15) is 83.8 Å². The van der Waals surface area contributed by atoms with Crippen LogP contribution in [0.5, 0.6) is 11.5 Å². The van der Waals surface area contributed by atoms with Crippen LogP contribution in [0.25, 0.3) is 0 Å². The van der Waals surface area contributed by atoms with Crippen molar-refractivity contribution in [2.45, 2.75) is 79.2 Å². The molecule has 218 valence electrons. The zero-order valence-corrected chi connectivity index (χ0v) is 26.5. The molecule has 1 N–H and O–H groups in total. The van der Waals surface area contributed by atoms with Gasteiger partial charge in [-0.1, -0.05) is 45.4 Å². The van der Waals surface area contributed by atoms with Crippen molar-refractivity contribution >= 4 is 33.1 Å². The summed E-state index contributed by atoms with van der Waals surface area (Å²) in [6, 6.07) is 14.6. The Balaban J connectivity index is 1.66. The number of Topliss-reactive ketones (excluding diaryl/α,β-unsaturated/α-hetero) is 1. The predicted molar refractivity (Wildman–Crippen MR) is 169 cm³/mol. The number of hydrogen-bond acceptors (Lipinski definition) is 6. The van der Waals surface area contributed by atoms with Gasteiger partial charge in [0.15, 0.2) is 17.3 Å². The summed E-state index contributed by atoms with van der Waals surface area (Å²) >= 11 is 3.74. The van der Waals surface area contributed by atoms with E-state index in [9.17, 15) is 10.1 Å². The Morgan fingerprint density at radius 3 is 2.66 bits per heavy atom. The van der Waals surface area contributed by atoms with E-state index in [1.165, 1.54) is 0 Å². The molecule has 0 amide bonds. The van der Waals surface area contributed by atoms with E-state index in [0.29, 0.717) is 48.5 Å². The monoisotopic (exact) mass is 619 g/mol. The molecule has 7 heteroatoms. The molecule has 2 aromatic carbocycles. The van der Waals surface area contributed by atoms with Gasteiger partial charge >= 0.3 is 0 Å². The fraction of sp³-hybridized carbons (Fsp3) is 0.500. The summed E-state index contributed by atoms with van der Waals surface area (Å²) < 4.78 is 13.2. The molecule has 0 radical (unpaired) electrons. The van der Waals surface area contributed by atoms with Crippen molar-refractivity contribution in [3.8, 4) is 17.6 Å². The van der Waals surface area contributed by atoms with Gasteiger partial charge < -0.3 is 14.8 Å². The molecule has 0 spiro atoms. The number of anilines is 1. The number of hydrogen-bond donors (Lipinski definition) is 1. The van der Waals surface area contributed by atoms with Gasteiger partial charge in [-0.05, 0) is 84.6 Å². The third-order valence-corrected chi connectivity index (χ3v) is 8.52. The van der Waals surface area contributed by atoms with Crippen molar-refractivity contribution in [1.29, 1.82) is 5.26 Å². The molecule has 2 aromatic rings. The second-order valence-corrected chi connectivity index (χ2v) is 12.4. The highest BCUT2D eigenvalue weighted by Crippen LogP contribution is 2.48. The number of nitrogens with one attached hydrogen (secondary N) is 1. The summed E-state index contributed by atoms with van der Waals surface area (Å²) in [5.41, 5.74) is 5.28. The van der Waals surface area contributed by atoms with Gasteiger partial charge in [-0.3, -0.25) is 9.79 Å². The Labute approximate surface area is 253 Å². The highest BCUT2D eigenvalue weighted by atomic mass is 79.9. The largest absolute Gasteiger partial charge is 0.490 e. The van der Waals surface area contributed by atoms with E-state index >= 15 is 0 Å². The topological polar surface area (TPSA) is 83.7 Å². The van der Waals surface area contributed by atoms with Crippen LogP contribution in [0.2, 0.25) is 0 Å². The van der Waals surface area contributed by atoms with E-state index in [-0.39, 0.29) is 5.78 Å². The predicted octanol–water partition coefficient (Wildman–Crippen LogP) is 8.62. The fourth-order valence-corrected chi connectivity index (χ4v) is 6.49. The number of benzene rings is 2. The maximum Gasteiger partial charge on any atom is 0.175 e. The summed E-state index contributed by atoms with van der Waals surface area (Å²) in [6.45, 7) is 12.2. The van der Waals surface area contributed by atoms with E-state index in [2.05, 4.69) is 60.2 Å². The van der Waals surface area contributed by atoms with Crippen molar-refractivity contribution in [3.05, 3.63) is 63.3 Å². The van der Waals surface area contributed by atoms with Gasteiger partial charge in [0.1, 0.15) is 6.61 Å². The maximum absolute atomic E-state index is 13.5. The minimum absolute atomic E-state index is 0.113. The van der Waals surface area contributed by atoms with Crippen molar-refractivity contribution < 1.29 is 14.3 Å². The van der Waals surface area contributed by atoms with Crippen LogP contribution in [0, 0.1) is 29.1 Å². The average molecular weight is 621 g/mol. The molecule has 0 bridgehead atoms. The Hall–Kier alpha value is -3.11. The number of carbonyl (C=O) groups is 1. The lowest BCUT2D eigenvalue weighted by Gasteiger charge is -2.35. The Morgan fingerprint density at radius 1 is 1.17 bits per heavy atom. The molecule has 1 aliphatic carbocycles. The number of aliphatic imine (C=N–C) groups is 1. The molecular weight excluding hydrogens is 578 g/mol. The lowest BCUT2D eigenvalue weighted by atomic mass is 9.70. The summed E-state index contributed by atoms with van der Waals surface area (Å²) in [5, 5.41) is 13.7. The molecule has 6 nitrogen and oxygen atoms in total. The van der Waals surface area contributed by atoms with Gasteiger partial charge in [0.25, 0.3) is 0 Å². The molecule has 1 heterocycles. The normalized spacial score (nSPS) is 20.4. The summed E-state index contributed by atoms with van der Waals surface area (Å²) in [7, 11) is 0. The number of nitriles is 1. The minimum Gasteiger partial charge on any atom is -0.490 e. The molecule has 2 aliphatic rings. The smallest absolute Gasteiger partial charge is 0.175 e. The molecular formula is C34H42BrN3O3. The van der Waals surface area contributed by atoms with E-state index < -0.39 is 11.8 Å². The first-order valence-corrected chi connectivity index (χ1v) is 15.7. The third-order valence-electron chi connectivity index (χ3n) is 7.93. The van der Waals surface area contributed by atoms with Gasteiger partial charge in [0, 0.05) is 47.1 Å². The van der Waals surface area contributed by atoms with Gasteiger partial charge in [0.2, 0.25) is 0 Å². The quantitative estimate of drug-likeness (QED) is 0.257. The van der Waals surface area contributed by atoms with E-state index in [0.717, 1.165) is 64.9 Å². The lowest BCUT2D eigenvalue weighted by molar-refractivity contribution is -0.117. The van der Waals surface area contributed by atoms with Crippen molar-refractivity contribution in [2.24, 2.45) is 22.7 Å². The van der Waals surface area contributed by atoms with Crippen LogP contribution in [0.15, 0.2) is 57.1 Å². The number of halogens is 1. The number of para-hydroxylation sites is 1. The van der Waals surface area contributed by atoms with Crippen molar-refractivity contribution in [1.82, 2.24) is 0 Å². The molecule has 0 saturated heterocycles. The van der Waals surface area contributed by atoms with Crippen LogP contribution < -0.4 is 14.8 Å². The summed E-state index contributed by atoms with van der Waals surface area (Å²) in [5.74, 6) is 1.34. The first-order chi connectivity index (χ1) is 19.8. The van der Waals surface area contributed by atoms with Crippen molar-refractivity contribution in [2.75, 3.05) is 18.5 Å². The first kappa shape index (κ1) is 30.8. The Kier molecular flexibility index (Phi) is 10.7. The highest BCUT2D eigenvalue weighted by Gasteiger charge is 2.41. The van der Waals surface area contributed by atoms with Gasteiger partial charge in [-0.15, -0.1) is 0 Å². The molecule has 1 aliphatic heterocycles. The van der Waals surface area contributed by atoms with Crippen LogP contribution in [0.3, 0.4) is 0 Å². The zero-order chi connectivity index (χ0) is 29.5. The summed E-state index contributed by atoms with van der Waals surface area (Å²) in [4.78, 5) is 18.3. The number of allylic oxidation sites excluding steroid dienone is 2. The SMILES string of the molecule is CCCC1CC(=O)C2=C(C1)N=C(C)C(C#N)C2c1cc(Br)c(OCc2ccccc2NCCC(C)C)c(OCC)c1. The van der Waals surface area contributed by atoms with Gasteiger partial charge in [0.05, 0.1) is 23.1 Å². The average Bonchev–Trinajstić information content (AvgIpc) is 2.92. The number of ketones is 1. The Bertz CT molecular complexity index is 1360. The van der Waals surface area contributed by atoms with Crippen LogP contribution in [-0.4, -0.2) is 24.6 Å². The molecule has 4 rings (SSSR count). The van der Waals surface area contributed by atoms with E-state index in [1.54, 1.807) is 0 Å². The fourth-order valence-electron chi connectivity index (χ4n) is 5.91. The molecule has 0 fully saturated rings. The first-order valence-electron chi connectivity index (χ1n) is 14.9. The van der Waals surface area contributed by atoms with Crippen LogP contribution in [0.4, 0.5) is 5.69 Å². The zero-order valence-electron chi connectivity index (χ0n) is 24.9. The van der Waals surface area contributed by atoms with Crippen LogP contribution in [-0.2, 0) is 11.4 Å². The number of carbonyl (C=O) groups excluding carboxylic acids is 1. The van der Waals surface area contributed by atoms with Gasteiger partial charge in [-0.25, -0.2) is 0 Å². The second-order valence-electron chi connectivity index (χ2n) is 11.5. The maximum atomic E-state index is 13.5. The minimum atomic E-state index is -0.516. The summed E-state index contributed by atoms with van der Waals surface area (Å²) in [6.07, 6.45) is 4.43. The lowest BCUT2D eigenvalue weighted by Crippen LogP contribution is -2.32. The molecule has 41 heavy (non-hydrogen) atoms. The number of rotatable bonds is 12. The standard InChI is InChI=1S/C34H42BrN3O3/c1-6-10-23-15-29-33(30(39)16-23)32(26(19-36)22(5)38-29)25-17-27(35)34(31(18-25)40-7-2)41-20-24-11-8-9-12-28(24)37-14-13-21(3)4/h8-9,11-12,17-18,21,23,26,32,37H,6-7,10,13-16,20H2,1-5H3. The Morgan fingerprint density at radius 2 is 1.95 bits per heavy atom. The molecule has 0 saturated carbocycles. The second kappa shape index (κ2) is 14.2. The highest BCUT2D eigenvalue weighted by molar-refractivity contribution is 9.10. The number of ether oxygens (including phenoxy) is 2. The molecule has 0 aromatic heterocycles. The van der Waals surface area contributed by atoms with Gasteiger partial charge in [-0.2, -0.15) is 5.26 Å². The third kappa shape index (κ3) is 7.22. The molecule has 3 unspecified atom stereocenters. The van der Waals surface area contributed by atoms with E-state index in [4.69, 9.17) is 14.5 Å². The van der Waals surface area contributed by atoms with Crippen LogP contribution >= 0.6 is 15.9 Å². The van der Waals surface area contributed by atoms with E-state index in [1.807, 2.05) is 38.1 Å².